The molecule has 1 aromatic carbocycles. The highest BCUT2D eigenvalue weighted by Crippen LogP contribution is 2.49. The summed E-state index contributed by atoms with van der Waals surface area (Å²) in [5.74, 6) is -16.8. The third-order valence-corrected chi connectivity index (χ3v) is 8.12. The number of alkyl halides is 6. The fourth-order valence-electron chi connectivity index (χ4n) is 6.10. The molecule has 7 rings (SSSR count). The number of Topliss-reactive ketones (excluding diaryl/α,β-unsaturated/α-hetero) is 1. The number of imidazole rings is 1. The van der Waals surface area contributed by atoms with Crippen LogP contribution in [-0.4, -0.2) is 79.5 Å². The number of hydrogen-bond acceptors (Lipinski definition) is 4. The Balaban J connectivity index is 1.28. The zero-order valence-electron chi connectivity index (χ0n) is 22.1. The lowest BCUT2D eigenvalue weighted by molar-refractivity contribution is -0.333. The number of carbonyl (C=O) groups excluding carboxylic acids is 2. The second kappa shape index (κ2) is 8.97. The molecule has 0 unspecified atom stereocenters. The summed E-state index contributed by atoms with van der Waals surface area (Å²) in [5.41, 5.74) is 3.17. The molecule has 3 aliphatic heterocycles. The SMILES string of the molecule is O=C1CNC(c2cn3c4c(cc(F)cc24)CN(C(=O)N2CC(F)(F)C(F)(F)C(F)(F)C2)CC3)=C1c1cnc2ccccn12. The number of ketones is 1. The third-order valence-electron chi connectivity index (χ3n) is 8.12. The first-order valence-corrected chi connectivity index (χ1v) is 13.2. The van der Waals surface area contributed by atoms with E-state index in [2.05, 4.69) is 10.3 Å². The van der Waals surface area contributed by atoms with Gasteiger partial charge in [-0.15, -0.1) is 0 Å². The molecule has 224 valence electrons. The van der Waals surface area contributed by atoms with Crippen molar-refractivity contribution in [1.29, 1.82) is 0 Å². The highest BCUT2D eigenvalue weighted by Gasteiger charge is 2.75. The van der Waals surface area contributed by atoms with Crippen LogP contribution >= 0.6 is 0 Å². The van der Waals surface area contributed by atoms with Gasteiger partial charge in [0.2, 0.25) is 0 Å². The maximum atomic E-state index is 15.0. The zero-order valence-corrected chi connectivity index (χ0v) is 22.1. The van der Waals surface area contributed by atoms with Crippen LogP contribution in [0.15, 0.2) is 48.9 Å². The van der Waals surface area contributed by atoms with Crippen LogP contribution < -0.4 is 5.32 Å². The minimum absolute atomic E-state index is 0.00793. The quantitative estimate of drug-likeness (QED) is 0.338. The molecular formula is C28H21F7N6O2. The average molecular weight is 607 g/mol. The van der Waals surface area contributed by atoms with Crippen LogP contribution in [-0.2, 0) is 17.9 Å². The molecule has 8 nitrogen and oxygen atoms in total. The minimum atomic E-state index is -5.62. The molecule has 1 saturated heterocycles. The smallest absolute Gasteiger partial charge is 0.375 e. The van der Waals surface area contributed by atoms with Crippen LogP contribution in [0, 0.1) is 5.82 Å². The van der Waals surface area contributed by atoms with Crippen LogP contribution in [0.1, 0.15) is 16.8 Å². The predicted molar refractivity (Wildman–Crippen MR) is 139 cm³/mol. The van der Waals surface area contributed by atoms with Crippen molar-refractivity contribution in [3.05, 3.63) is 71.6 Å². The molecule has 0 radical (unpaired) electrons. The van der Waals surface area contributed by atoms with Crippen LogP contribution in [0.5, 0.6) is 0 Å². The van der Waals surface area contributed by atoms with E-state index in [0.717, 1.165) is 11.0 Å². The Morgan fingerprint density at radius 1 is 0.977 bits per heavy atom. The lowest BCUT2D eigenvalue weighted by Crippen LogP contribution is -2.69. The van der Waals surface area contributed by atoms with Crippen molar-refractivity contribution in [2.45, 2.75) is 30.9 Å². The summed E-state index contributed by atoms with van der Waals surface area (Å²) in [7, 11) is 0. The van der Waals surface area contributed by atoms with Crippen molar-refractivity contribution >= 4 is 39.6 Å². The number of aromatic nitrogens is 3. The highest BCUT2D eigenvalue weighted by molar-refractivity contribution is 6.32. The Kier molecular flexibility index (Phi) is 5.69. The summed E-state index contributed by atoms with van der Waals surface area (Å²) in [5, 5.41) is 3.49. The number of fused-ring (bicyclic) bond motifs is 1. The van der Waals surface area contributed by atoms with Gasteiger partial charge in [-0.2, -0.15) is 26.3 Å². The molecule has 1 N–H and O–H groups in total. The highest BCUT2D eigenvalue weighted by atomic mass is 19.3. The minimum Gasteiger partial charge on any atom is -0.376 e. The first kappa shape index (κ1) is 27.3. The molecule has 6 heterocycles. The summed E-state index contributed by atoms with van der Waals surface area (Å²) in [4.78, 5) is 31.5. The normalized spacial score (nSPS) is 21.0. The van der Waals surface area contributed by atoms with Gasteiger partial charge in [-0.1, -0.05) is 6.07 Å². The van der Waals surface area contributed by atoms with Crippen molar-refractivity contribution < 1.29 is 40.3 Å². The first-order valence-electron chi connectivity index (χ1n) is 13.2. The van der Waals surface area contributed by atoms with Gasteiger partial charge in [-0.25, -0.2) is 14.2 Å². The van der Waals surface area contributed by atoms with Gasteiger partial charge in [0.1, 0.15) is 11.5 Å². The summed E-state index contributed by atoms with van der Waals surface area (Å²) < 4.78 is 102. The Bertz CT molecular complexity index is 1860. The largest absolute Gasteiger partial charge is 0.376 e. The number of carbonyl (C=O) groups is 2. The van der Waals surface area contributed by atoms with Gasteiger partial charge in [-0.3, -0.25) is 9.20 Å². The van der Waals surface area contributed by atoms with Gasteiger partial charge in [0.25, 0.3) is 0 Å². The Morgan fingerprint density at radius 3 is 2.47 bits per heavy atom. The Labute approximate surface area is 238 Å². The monoisotopic (exact) mass is 606 g/mol. The number of piperidine rings is 1. The standard InChI is InChI=1S/C28H21F7N6O2/c29-16-7-15-11-39(25(43)40-13-26(30,31)28(34,35)27(32,33)14-40)6-5-38-12-18(17(8-16)24(15)38)23-22(20(42)10-37-23)19-9-36-21-3-1-2-4-41(19)21/h1-4,7-9,12,37H,5-6,10-11,13-14H2. The fourth-order valence-corrected chi connectivity index (χ4v) is 6.10. The van der Waals surface area contributed by atoms with Crippen LogP contribution in [0.4, 0.5) is 35.5 Å². The van der Waals surface area contributed by atoms with Gasteiger partial charge in [0, 0.05) is 43.0 Å². The Hall–Kier alpha value is -4.56. The number of nitrogens with zero attached hydrogens (tertiary/aromatic N) is 5. The van der Waals surface area contributed by atoms with Gasteiger partial charge in [0.15, 0.2) is 5.78 Å². The maximum absolute atomic E-state index is 15.0. The molecule has 0 bridgehead atoms. The predicted octanol–water partition coefficient (Wildman–Crippen LogP) is 4.63. The van der Waals surface area contributed by atoms with E-state index in [-0.39, 0.29) is 42.4 Å². The van der Waals surface area contributed by atoms with Crippen LogP contribution in [0.2, 0.25) is 0 Å². The molecule has 4 aromatic rings. The first-order chi connectivity index (χ1) is 20.3. The lowest BCUT2D eigenvalue weighted by Gasteiger charge is -2.43. The van der Waals surface area contributed by atoms with Crippen molar-refractivity contribution in [2.24, 2.45) is 0 Å². The molecular weight excluding hydrogens is 585 g/mol. The van der Waals surface area contributed by atoms with E-state index < -0.39 is 42.7 Å². The van der Waals surface area contributed by atoms with Crippen molar-refractivity contribution in [3.63, 3.8) is 0 Å². The van der Waals surface area contributed by atoms with E-state index in [1.807, 2.05) is 0 Å². The van der Waals surface area contributed by atoms with Crippen LogP contribution in [0.25, 0.3) is 27.8 Å². The van der Waals surface area contributed by atoms with Crippen molar-refractivity contribution in [1.82, 2.24) is 29.1 Å². The Morgan fingerprint density at radius 2 is 1.72 bits per heavy atom. The number of benzene rings is 1. The van der Waals surface area contributed by atoms with E-state index in [9.17, 15) is 35.9 Å². The number of halogens is 7. The molecule has 3 aliphatic rings. The van der Waals surface area contributed by atoms with Gasteiger partial charge >= 0.3 is 23.8 Å². The van der Waals surface area contributed by atoms with E-state index in [0.29, 0.717) is 39.1 Å². The molecule has 43 heavy (non-hydrogen) atoms. The second-order valence-electron chi connectivity index (χ2n) is 10.8. The number of hydrogen-bond donors (Lipinski definition) is 1. The lowest BCUT2D eigenvalue weighted by atomic mass is 9.98. The summed E-state index contributed by atoms with van der Waals surface area (Å²) in [6.45, 7) is -4.27. The number of nitrogens with one attached hydrogen (secondary N) is 1. The molecule has 3 aromatic heterocycles. The summed E-state index contributed by atoms with van der Waals surface area (Å²) >= 11 is 0. The number of urea groups is 1. The van der Waals surface area contributed by atoms with Crippen molar-refractivity contribution in [2.75, 3.05) is 26.2 Å². The number of pyridine rings is 1. The van der Waals surface area contributed by atoms with Gasteiger partial charge in [-0.05, 0) is 29.8 Å². The van der Waals surface area contributed by atoms with Gasteiger partial charge in [0.05, 0.1) is 48.3 Å². The average Bonchev–Trinajstić information content (AvgIpc) is 3.59. The van der Waals surface area contributed by atoms with Crippen LogP contribution in [0.3, 0.4) is 0 Å². The third kappa shape index (κ3) is 3.93. The number of rotatable bonds is 2. The topological polar surface area (TPSA) is 74.9 Å². The number of amides is 2. The molecule has 0 saturated carbocycles. The molecule has 0 spiro atoms. The molecule has 0 atom stereocenters. The van der Waals surface area contributed by atoms with E-state index >= 15 is 4.39 Å². The summed E-state index contributed by atoms with van der Waals surface area (Å²) in [6.07, 6.45) is 4.99. The van der Waals surface area contributed by atoms with E-state index in [4.69, 9.17) is 0 Å². The van der Waals surface area contributed by atoms with E-state index in [1.54, 1.807) is 45.8 Å². The second-order valence-corrected chi connectivity index (χ2v) is 10.8. The van der Waals surface area contributed by atoms with E-state index in [1.165, 1.54) is 6.07 Å². The maximum Gasteiger partial charge on any atom is 0.375 e. The molecule has 0 aliphatic carbocycles. The molecule has 15 heteroatoms. The summed E-state index contributed by atoms with van der Waals surface area (Å²) in [6, 6.07) is 6.47. The fraction of sp³-hybridized carbons (Fsp3) is 0.321. The molecule has 1 fully saturated rings. The van der Waals surface area contributed by atoms with Crippen molar-refractivity contribution in [3.8, 4) is 0 Å². The molecule has 2 amide bonds. The zero-order chi connectivity index (χ0) is 30.5. The number of likely N-dealkylation sites (tertiary alicyclic amines) is 1. The van der Waals surface area contributed by atoms with Gasteiger partial charge < -0.3 is 19.7 Å².